The van der Waals surface area contributed by atoms with Crippen molar-refractivity contribution in [2.75, 3.05) is 20.1 Å². The van der Waals surface area contributed by atoms with E-state index in [4.69, 9.17) is 4.74 Å². The molecule has 0 fully saturated rings. The summed E-state index contributed by atoms with van der Waals surface area (Å²) in [5, 5.41) is 6.62. The summed E-state index contributed by atoms with van der Waals surface area (Å²) >= 11 is 0. The molecular formula is C19H35IN4O2. The minimum atomic E-state index is -0.384. The Morgan fingerprint density at radius 3 is 2.27 bits per heavy atom. The second kappa shape index (κ2) is 13.9. The van der Waals surface area contributed by atoms with E-state index in [1.807, 2.05) is 32.9 Å². The van der Waals surface area contributed by atoms with Crippen LogP contribution in [0.15, 0.2) is 29.5 Å². The number of nitrogens with one attached hydrogen (secondary N) is 2. The lowest BCUT2D eigenvalue weighted by Gasteiger charge is -2.19. The van der Waals surface area contributed by atoms with Crippen molar-refractivity contribution in [3.63, 3.8) is 0 Å². The van der Waals surface area contributed by atoms with Gasteiger partial charge in [-0.3, -0.25) is 9.79 Å². The smallest absolute Gasteiger partial charge is 0.306 e. The number of guanidine groups is 1. The van der Waals surface area contributed by atoms with Crippen LogP contribution in [0.2, 0.25) is 0 Å². The molecule has 0 radical (unpaired) electrons. The van der Waals surface area contributed by atoms with Gasteiger partial charge in [-0.2, -0.15) is 0 Å². The van der Waals surface area contributed by atoms with Gasteiger partial charge in [-0.05, 0) is 45.7 Å². The number of rotatable bonds is 10. The maximum absolute atomic E-state index is 11.6. The highest BCUT2D eigenvalue weighted by Gasteiger charge is 2.15. The Bertz CT molecular complexity index is 510. The van der Waals surface area contributed by atoms with E-state index >= 15 is 0 Å². The molecule has 7 heteroatoms. The molecule has 1 aromatic heterocycles. The van der Waals surface area contributed by atoms with Crippen molar-refractivity contribution in [1.82, 2.24) is 15.2 Å². The van der Waals surface area contributed by atoms with Gasteiger partial charge in [0.25, 0.3) is 0 Å². The minimum Gasteiger partial charge on any atom is -0.460 e. The van der Waals surface area contributed by atoms with Gasteiger partial charge in [-0.25, -0.2) is 0 Å². The Kier molecular flexibility index (Phi) is 13.2. The molecular weight excluding hydrogens is 443 g/mol. The van der Waals surface area contributed by atoms with Crippen LogP contribution in [0.25, 0.3) is 0 Å². The summed E-state index contributed by atoms with van der Waals surface area (Å²) in [7, 11) is 1.78. The Morgan fingerprint density at radius 1 is 1.04 bits per heavy atom. The molecule has 1 rings (SSSR count). The molecule has 6 nitrogen and oxygen atoms in total. The van der Waals surface area contributed by atoms with Gasteiger partial charge < -0.3 is 19.9 Å². The summed E-state index contributed by atoms with van der Waals surface area (Å²) in [5.74, 6) is 0.735. The molecule has 1 heterocycles. The lowest BCUT2D eigenvalue weighted by Crippen LogP contribution is -2.39. The number of halogens is 1. The van der Waals surface area contributed by atoms with Gasteiger partial charge in [0.1, 0.15) is 5.60 Å². The van der Waals surface area contributed by atoms with Crippen LogP contribution in [0.5, 0.6) is 0 Å². The van der Waals surface area contributed by atoms with Crippen molar-refractivity contribution < 1.29 is 9.53 Å². The number of nitrogens with zero attached hydrogens (tertiary/aromatic N) is 2. The predicted molar refractivity (Wildman–Crippen MR) is 118 cm³/mol. The van der Waals surface area contributed by atoms with Gasteiger partial charge in [0.2, 0.25) is 0 Å². The molecule has 0 aliphatic carbocycles. The van der Waals surface area contributed by atoms with Crippen molar-refractivity contribution in [3.8, 4) is 0 Å². The van der Waals surface area contributed by atoms with Crippen LogP contribution in [-0.2, 0) is 16.1 Å². The van der Waals surface area contributed by atoms with Crippen LogP contribution in [0, 0.1) is 0 Å². The third-order valence-electron chi connectivity index (χ3n) is 3.57. The van der Waals surface area contributed by atoms with Crippen LogP contribution >= 0.6 is 24.0 Å². The first-order valence-electron chi connectivity index (χ1n) is 9.18. The molecule has 0 spiro atoms. The van der Waals surface area contributed by atoms with Gasteiger partial charge in [0.15, 0.2) is 5.96 Å². The van der Waals surface area contributed by atoms with E-state index in [0.29, 0.717) is 6.42 Å². The highest BCUT2D eigenvalue weighted by atomic mass is 127. The molecule has 0 aromatic carbocycles. The Labute approximate surface area is 175 Å². The van der Waals surface area contributed by atoms with Crippen molar-refractivity contribution in [2.24, 2.45) is 4.99 Å². The van der Waals surface area contributed by atoms with Gasteiger partial charge in [0.05, 0.1) is 0 Å². The van der Waals surface area contributed by atoms with Crippen molar-refractivity contribution in [1.29, 1.82) is 0 Å². The zero-order valence-corrected chi connectivity index (χ0v) is 18.9. The average Bonchev–Trinajstić information content (AvgIpc) is 3.03. The molecule has 0 bridgehead atoms. The first-order valence-corrected chi connectivity index (χ1v) is 9.18. The van der Waals surface area contributed by atoms with Gasteiger partial charge in [0, 0.05) is 45.5 Å². The normalized spacial score (nSPS) is 11.6. The molecule has 0 amide bonds. The number of esters is 1. The maximum atomic E-state index is 11.6. The molecule has 26 heavy (non-hydrogen) atoms. The van der Waals surface area contributed by atoms with E-state index in [1.165, 1.54) is 0 Å². The predicted octanol–water partition coefficient (Wildman–Crippen LogP) is 3.56. The first-order chi connectivity index (χ1) is 11.9. The molecule has 0 saturated heterocycles. The summed E-state index contributed by atoms with van der Waals surface area (Å²) in [6, 6.07) is 4.05. The lowest BCUT2D eigenvalue weighted by molar-refractivity contribution is -0.154. The highest BCUT2D eigenvalue weighted by molar-refractivity contribution is 14.0. The first kappa shape index (κ1) is 24.8. The molecule has 2 N–H and O–H groups in total. The number of aliphatic imine (C=N–C) groups is 1. The molecule has 0 aliphatic rings. The van der Waals surface area contributed by atoms with Crippen LogP contribution in [0.1, 0.15) is 52.9 Å². The molecule has 1 aromatic rings. The lowest BCUT2D eigenvalue weighted by atomic mass is 10.1. The topological polar surface area (TPSA) is 67.7 Å². The van der Waals surface area contributed by atoms with E-state index < -0.39 is 0 Å². The van der Waals surface area contributed by atoms with Crippen LogP contribution < -0.4 is 10.6 Å². The molecule has 0 unspecified atom stereocenters. The van der Waals surface area contributed by atoms with Crippen molar-refractivity contribution in [2.45, 2.75) is 65.0 Å². The summed E-state index contributed by atoms with van der Waals surface area (Å²) < 4.78 is 7.43. The van der Waals surface area contributed by atoms with Crippen molar-refractivity contribution in [3.05, 3.63) is 24.5 Å². The molecule has 150 valence electrons. The van der Waals surface area contributed by atoms with Crippen molar-refractivity contribution >= 4 is 35.9 Å². The Morgan fingerprint density at radius 2 is 1.65 bits per heavy atom. The highest BCUT2D eigenvalue weighted by Crippen LogP contribution is 2.10. The van der Waals surface area contributed by atoms with E-state index in [0.717, 1.165) is 51.3 Å². The van der Waals surface area contributed by atoms with Crippen LogP contribution in [0.4, 0.5) is 0 Å². The third kappa shape index (κ3) is 13.0. The monoisotopic (exact) mass is 478 g/mol. The van der Waals surface area contributed by atoms with Crippen LogP contribution in [0.3, 0.4) is 0 Å². The number of ether oxygens (including phenoxy) is 1. The van der Waals surface area contributed by atoms with E-state index in [2.05, 4.69) is 32.6 Å². The summed E-state index contributed by atoms with van der Waals surface area (Å²) in [6.45, 7) is 8.33. The number of carbonyl (C=O) groups is 1. The van der Waals surface area contributed by atoms with E-state index in [9.17, 15) is 4.79 Å². The number of unbranched alkanes of at least 4 members (excludes halogenated alkanes) is 3. The van der Waals surface area contributed by atoms with Gasteiger partial charge >= 0.3 is 5.97 Å². The largest absolute Gasteiger partial charge is 0.460 e. The molecule has 0 atom stereocenters. The fraction of sp³-hybridized carbons (Fsp3) is 0.684. The Balaban J connectivity index is 0.00000625. The van der Waals surface area contributed by atoms with Crippen LogP contribution in [-0.4, -0.2) is 42.2 Å². The number of hydrogen-bond donors (Lipinski definition) is 2. The van der Waals surface area contributed by atoms with Gasteiger partial charge in [-0.1, -0.05) is 12.8 Å². The fourth-order valence-corrected chi connectivity index (χ4v) is 2.39. The standard InChI is InChI=1S/C19H34N4O2.HI/c1-19(2,3)25-17(24)11-7-5-6-8-12-21-18(20-4)22-13-16-23-14-9-10-15-23;/h9-10,14-15H,5-8,11-13,16H2,1-4H3,(H2,20,21,22);1H. The SMILES string of the molecule is CN=C(NCCCCCCC(=O)OC(C)(C)C)NCCn1cccc1.I. The van der Waals surface area contributed by atoms with E-state index in [1.54, 1.807) is 7.05 Å². The maximum Gasteiger partial charge on any atom is 0.306 e. The van der Waals surface area contributed by atoms with Gasteiger partial charge in [-0.15, -0.1) is 24.0 Å². The second-order valence-electron chi connectivity index (χ2n) is 7.10. The molecule has 0 aliphatic heterocycles. The van der Waals surface area contributed by atoms with E-state index in [-0.39, 0.29) is 35.5 Å². The third-order valence-corrected chi connectivity index (χ3v) is 3.57. The second-order valence-corrected chi connectivity index (χ2v) is 7.10. The summed E-state index contributed by atoms with van der Waals surface area (Å²) in [4.78, 5) is 15.8. The fourth-order valence-electron chi connectivity index (χ4n) is 2.39. The Hall–Kier alpha value is -1.25. The quantitative estimate of drug-likeness (QED) is 0.178. The summed E-state index contributed by atoms with van der Waals surface area (Å²) in [5.41, 5.74) is -0.384. The molecule has 0 saturated carbocycles. The minimum absolute atomic E-state index is 0. The average molecular weight is 478 g/mol. The number of carbonyl (C=O) groups excluding carboxylic acids is 1. The summed E-state index contributed by atoms with van der Waals surface area (Å²) in [6.07, 6.45) is 8.69. The zero-order valence-electron chi connectivity index (χ0n) is 16.6. The number of aromatic nitrogens is 1. The zero-order chi connectivity index (χ0) is 18.5. The number of hydrogen-bond acceptors (Lipinski definition) is 3.